The molecule has 3 heteroatoms. The van der Waals surface area contributed by atoms with Crippen molar-refractivity contribution in [1.29, 1.82) is 0 Å². The van der Waals surface area contributed by atoms with Crippen molar-refractivity contribution in [3.63, 3.8) is 0 Å². The number of rotatable bonds is 4. The highest BCUT2D eigenvalue weighted by Crippen LogP contribution is 2.25. The molecule has 0 aromatic carbocycles. The van der Waals surface area contributed by atoms with Crippen LogP contribution >= 0.6 is 15.9 Å². The van der Waals surface area contributed by atoms with Crippen LogP contribution in [0.1, 0.15) is 25.8 Å². The Kier molecular flexibility index (Phi) is 4.39. The molecule has 0 saturated heterocycles. The molecule has 0 radical (unpaired) electrons. The van der Waals surface area contributed by atoms with Gasteiger partial charge in [0.05, 0.1) is 11.1 Å². The number of hydrogen-bond donors (Lipinski definition) is 0. The molecule has 0 N–H and O–H groups in total. The van der Waals surface area contributed by atoms with Crippen molar-refractivity contribution < 1.29 is 4.74 Å². The first-order valence-electron chi connectivity index (χ1n) is 4.85. The molecule has 0 atom stereocenters. The van der Waals surface area contributed by atoms with Crippen LogP contribution in [0.25, 0.3) is 0 Å². The molecule has 2 nitrogen and oxygen atoms in total. The molecule has 1 aromatic rings. The van der Waals surface area contributed by atoms with E-state index in [2.05, 4.69) is 34.8 Å². The number of aromatic nitrogens is 1. The first-order chi connectivity index (χ1) is 6.61. The second-order valence-corrected chi connectivity index (χ2v) is 4.57. The lowest BCUT2D eigenvalue weighted by Gasteiger charge is -2.09. The van der Waals surface area contributed by atoms with Crippen molar-refractivity contribution in [3.8, 4) is 5.88 Å². The van der Waals surface area contributed by atoms with Crippen molar-refractivity contribution in [3.05, 3.63) is 22.3 Å². The molecule has 1 rings (SSSR count). The van der Waals surface area contributed by atoms with E-state index in [1.165, 1.54) is 0 Å². The number of pyridine rings is 1. The summed E-state index contributed by atoms with van der Waals surface area (Å²) in [5, 5.41) is 0. The largest absolute Gasteiger partial charge is 0.477 e. The normalized spacial score (nSPS) is 10.6. The van der Waals surface area contributed by atoms with Gasteiger partial charge < -0.3 is 4.74 Å². The second kappa shape index (κ2) is 5.35. The van der Waals surface area contributed by atoms with Gasteiger partial charge >= 0.3 is 0 Å². The van der Waals surface area contributed by atoms with Gasteiger partial charge in [0.15, 0.2) is 0 Å². The average Bonchev–Trinajstić information content (AvgIpc) is 2.12. The Labute approximate surface area is 93.8 Å². The smallest absolute Gasteiger partial charge is 0.228 e. The van der Waals surface area contributed by atoms with Gasteiger partial charge in [-0.15, -0.1) is 0 Å². The van der Waals surface area contributed by atoms with E-state index in [4.69, 9.17) is 4.74 Å². The lowest BCUT2D eigenvalue weighted by Crippen LogP contribution is -2.03. The van der Waals surface area contributed by atoms with Crippen molar-refractivity contribution in [2.45, 2.75) is 27.2 Å². The fourth-order valence-electron chi connectivity index (χ4n) is 1.01. The summed E-state index contributed by atoms with van der Waals surface area (Å²) in [7, 11) is 0. The first-order valence-corrected chi connectivity index (χ1v) is 5.64. The predicted molar refractivity (Wildman–Crippen MR) is 61.6 cm³/mol. The molecule has 0 aliphatic carbocycles. The Balaban J connectivity index is 2.54. The molecule has 0 aliphatic heterocycles. The van der Waals surface area contributed by atoms with Gasteiger partial charge in [-0.3, -0.25) is 0 Å². The van der Waals surface area contributed by atoms with Crippen LogP contribution in [-0.2, 0) is 0 Å². The highest BCUT2D eigenvalue weighted by Gasteiger charge is 2.04. The molecule has 0 amide bonds. The van der Waals surface area contributed by atoms with Gasteiger partial charge in [0.25, 0.3) is 0 Å². The summed E-state index contributed by atoms with van der Waals surface area (Å²) in [5.74, 6) is 1.37. The van der Waals surface area contributed by atoms with E-state index < -0.39 is 0 Å². The molecule has 0 bridgehead atoms. The summed E-state index contributed by atoms with van der Waals surface area (Å²) in [6.45, 7) is 7.12. The maximum Gasteiger partial charge on any atom is 0.228 e. The van der Waals surface area contributed by atoms with Crippen LogP contribution in [0, 0.1) is 12.8 Å². The van der Waals surface area contributed by atoms with E-state index in [1.54, 1.807) is 6.20 Å². The fourth-order valence-corrected chi connectivity index (χ4v) is 1.36. The molecule has 0 fully saturated rings. The number of hydrogen-bond acceptors (Lipinski definition) is 2. The monoisotopic (exact) mass is 257 g/mol. The van der Waals surface area contributed by atoms with Crippen LogP contribution in [-0.4, -0.2) is 11.6 Å². The molecule has 0 saturated carbocycles. The summed E-state index contributed by atoms with van der Waals surface area (Å²) in [6.07, 6.45) is 2.83. The minimum absolute atomic E-state index is 0.665. The highest BCUT2D eigenvalue weighted by atomic mass is 79.9. The van der Waals surface area contributed by atoms with E-state index in [0.29, 0.717) is 11.8 Å². The molecule has 0 unspecified atom stereocenters. The van der Waals surface area contributed by atoms with Crippen LogP contribution < -0.4 is 4.74 Å². The summed E-state index contributed by atoms with van der Waals surface area (Å²) in [5.41, 5.74) is 1.15. The van der Waals surface area contributed by atoms with Gasteiger partial charge in [0, 0.05) is 6.20 Å². The third-order valence-electron chi connectivity index (χ3n) is 1.98. The third kappa shape index (κ3) is 3.29. The van der Waals surface area contributed by atoms with Crippen molar-refractivity contribution in [2.75, 3.05) is 6.61 Å². The molecular formula is C11H16BrNO. The maximum absolute atomic E-state index is 5.57. The zero-order valence-corrected chi connectivity index (χ0v) is 10.5. The van der Waals surface area contributed by atoms with Gasteiger partial charge in [0.2, 0.25) is 5.88 Å². The van der Waals surface area contributed by atoms with Crippen molar-refractivity contribution >= 4 is 15.9 Å². The molecular weight excluding hydrogens is 242 g/mol. The number of halogens is 1. The lowest BCUT2D eigenvalue weighted by atomic mass is 10.1. The Hall–Kier alpha value is -0.570. The van der Waals surface area contributed by atoms with Crippen LogP contribution in [0.3, 0.4) is 0 Å². The molecule has 1 heterocycles. The van der Waals surface area contributed by atoms with E-state index in [1.807, 2.05) is 13.0 Å². The lowest BCUT2D eigenvalue weighted by molar-refractivity contribution is 0.277. The minimum Gasteiger partial charge on any atom is -0.477 e. The highest BCUT2D eigenvalue weighted by molar-refractivity contribution is 9.10. The summed E-state index contributed by atoms with van der Waals surface area (Å²) in [6, 6.07) is 1.96. The minimum atomic E-state index is 0.665. The Morgan fingerprint density at radius 2 is 2.21 bits per heavy atom. The van der Waals surface area contributed by atoms with E-state index >= 15 is 0 Å². The van der Waals surface area contributed by atoms with E-state index in [0.717, 1.165) is 23.1 Å². The zero-order chi connectivity index (χ0) is 10.6. The number of nitrogens with zero attached hydrogens (tertiary/aromatic N) is 1. The van der Waals surface area contributed by atoms with Gasteiger partial charge in [-0.05, 0) is 46.8 Å². The average molecular weight is 258 g/mol. The zero-order valence-electron chi connectivity index (χ0n) is 8.88. The van der Waals surface area contributed by atoms with Gasteiger partial charge in [-0.1, -0.05) is 13.8 Å². The van der Waals surface area contributed by atoms with Crippen LogP contribution in [0.4, 0.5) is 0 Å². The van der Waals surface area contributed by atoms with Gasteiger partial charge in [-0.25, -0.2) is 4.98 Å². The van der Waals surface area contributed by atoms with Crippen molar-refractivity contribution in [1.82, 2.24) is 4.98 Å². The Morgan fingerprint density at radius 3 is 2.86 bits per heavy atom. The maximum atomic E-state index is 5.57. The Morgan fingerprint density at radius 1 is 1.50 bits per heavy atom. The van der Waals surface area contributed by atoms with E-state index in [9.17, 15) is 0 Å². The topological polar surface area (TPSA) is 22.1 Å². The van der Waals surface area contributed by atoms with E-state index in [-0.39, 0.29) is 0 Å². The molecule has 14 heavy (non-hydrogen) atoms. The van der Waals surface area contributed by atoms with Crippen LogP contribution in [0.15, 0.2) is 16.7 Å². The molecule has 0 aliphatic rings. The molecule has 1 aromatic heterocycles. The summed E-state index contributed by atoms with van der Waals surface area (Å²) >= 11 is 3.46. The van der Waals surface area contributed by atoms with Crippen LogP contribution in [0.5, 0.6) is 5.88 Å². The standard InChI is InChI=1S/C11H16BrNO/c1-8(2)5-7-14-11-10(12)9(3)4-6-13-11/h4,6,8H,5,7H2,1-3H3. The third-order valence-corrected chi connectivity index (χ3v) is 2.95. The number of ether oxygens (including phenoxy) is 1. The van der Waals surface area contributed by atoms with Crippen molar-refractivity contribution in [2.24, 2.45) is 5.92 Å². The van der Waals surface area contributed by atoms with Crippen LogP contribution in [0.2, 0.25) is 0 Å². The summed E-state index contributed by atoms with van der Waals surface area (Å²) in [4.78, 5) is 4.17. The van der Waals surface area contributed by atoms with Gasteiger partial charge in [0.1, 0.15) is 0 Å². The Bertz CT molecular complexity index is 299. The second-order valence-electron chi connectivity index (χ2n) is 3.78. The van der Waals surface area contributed by atoms with Gasteiger partial charge in [-0.2, -0.15) is 0 Å². The quantitative estimate of drug-likeness (QED) is 0.823. The number of aryl methyl sites for hydroxylation is 1. The summed E-state index contributed by atoms with van der Waals surface area (Å²) < 4.78 is 6.53. The fraction of sp³-hybridized carbons (Fsp3) is 0.545. The molecule has 0 spiro atoms. The molecule has 78 valence electrons. The SMILES string of the molecule is Cc1ccnc(OCCC(C)C)c1Br. The first kappa shape index (κ1) is 11.5. The predicted octanol–water partition coefficient (Wildman–Crippen LogP) is 3.58.